The van der Waals surface area contributed by atoms with Crippen LogP contribution in [-0.2, 0) is 17.9 Å². The topological polar surface area (TPSA) is 36.4 Å². The highest BCUT2D eigenvalue weighted by atomic mass is 16.2. The molecule has 4 rings (SSSR count). The molecule has 1 aromatic carbocycles. The highest BCUT2D eigenvalue weighted by molar-refractivity contribution is 5.82. The van der Waals surface area contributed by atoms with Crippen LogP contribution in [0, 0.1) is 18.8 Å². The molecule has 1 aromatic heterocycles. The molecule has 4 nitrogen and oxygen atoms in total. The Bertz CT molecular complexity index is 731. The number of hydrogen-bond acceptors (Lipinski definition) is 3. The Morgan fingerprint density at radius 3 is 2.62 bits per heavy atom. The van der Waals surface area contributed by atoms with Gasteiger partial charge in [0.25, 0.3) is 0 Å². The summed E-state index contributed by atoms with van der Waals surface area (Å²) in [5.74, 6) is 0.986. The monoisotopic (exact) mass is 321 g/mol. The summed E-state index contributed by atoms with van der Waals surface area (Å²) in [6.45, 7) is 6.56. The van der Waals surface area contributed by atoms with Gasteiger partial charge in [-0.2, -0.15) is 0 Å². The van der Waals surface area contributed by atoms with E-state index in [0.717, 1.165) is 32.7 Å². The molecule has 2 fully saturated rings. The number of nitrogens with zero attached hydrogens (tertiary/aromatic N) is 3. The molecule has 0 bridgehead atoms. The Labute approximate surface area is 143 Å². The zero-order valence-corrected chi connectivity index (χ0v) is 14.1. The normalized spacial score (nSPS) is 23.7. The van der Waals surface area contributed by atoms with Gasteiger partial charge < -0.3 is 4.90 Å². The fourth-order valence-electron chi connectivity index (χ4n) is 4.08. The van der Waals surface area contributed by atoms with E-state index in [1.54, 1.807) is 0 Å². The molecule has 2 saturated heterocycles. The number of pyridine rings is 1. The van der Waals surface area contributed by atoms with Crippen LogP contribution in [0.25, 0.3) is 0 Å². The van der Waals surface area contributed by atoms with Crippen molar-refractivity contribution in [3.05, 3.63) is 65.5 Å². The summed E-state index contributed by atoms with van der Waals surface area (Å²) in [5.41, 5.74) is 3.76. The number of fused-ring (bicyclic) bond motifs is 1. The molecule has 0 radical (unpaired) electrons. The van der Waals surface area contributed by atoms with Crippen molar-refractivity contribution in [1.29, 1.82) is 0 Å². The van der Waals surface area contributed by atoms with Crippen LogP contribution in [-0.4, -0.2) is 40.3 Å². The standard InChI is InChI=1S/C20H23N3O/c1-15-3-2-4-17(9-15)11-23-13-18-12-22(14-19(18)20(23)24)10-16-5-7-21-8-6-16/h2-9,18-19H,10-14H2,1H3/t18-,19-/m0/s1. The Morgan fingerprint density at radius 1 is 1.04 bits per heavy atom. The third-order valence-corrected chi connectivity index (χ3v) is 5.21. The van der Waals surface area contributed by atoms with Gasteiger partial charge in [-0.15, -0.1) is 0 Å². The van der Waals surface area contributed by atoms with Gasteiger partial charge in [0.1, 0.15) is 0 Å². The molecule has 1 amide bonds. The van der Waals surface area contributed by atoms with E-state index in [4.69, 9.17) is 0 Å². The van der Waals surface area contributed by atoms with E-state index in [1.807, 2.05) is 17.3 Å². The van der Waals surface area contributed by atoms with Gasteiger partial charge in [0.15, 0.2) is 0 Å². The summed E-state index contributed by atoms with van der Waals surface area (Å²) in [7, 11) is 0. The van der Waals surface area contributed by atoms with E-state index in [9.17, 15) is 4.79 Å². The predicted molar refractivity (Wildman–Crippen MR) is 93.1 cm³/mol. The van der Waals surface area contributed by atoms with Crippen LogP contribution in [0.4, 0.5) is 0 Å². The third kappa shape index (κ3) is 3.06. The van der Waals surface area contributed by atoms with Gasteiger partial charge >= 0.3 is 0 Å². The molecule has 2 aliphatic rings. The lowest BCUT2D eigenvalue weighted by atomic mass is 10.0. The maximum Gasteiger partial charge on any atom is 0.227 e. The van der Waals surface area contributed by atoms with E-state index in [1.165, 1.54) is 16.7 Å². The van der Waals surface area contributed by atoms with Crippen LogP contribution in [0.5, 0.6) is 0 Å². The molecule has 0 aliphatic carbocycles. The van der Waals surface area contributed by atoms with Crippen molar-refractivity contribution in [1.82, 2.24) is 14.8 Å². The summed E-state index contributed by atoms with van der Waals surface area (Å²) >= 11 is 0. The Hall–Kier alpha value is -2.20. The van der Waals surface area contributed by atoms with Gasteiger partial charge in [-0.05, 0) is 30.2 Å². The number of carbonyl (C=O) groups excluding carboxylic acids is 1. The first-order valence-corrected chi connectivity index (χ1v) is 8.64. The first kappa shape index (κ1) is 15.3. The van der Waals surface area contributed by atoms with Crippen molar-refractivity contribution in [2.45, 2.75) is 20.0 Å². The van der Waals surface area contributed by atoms with Crippen LogP contribution >= 0.6 is 0 Å². The van der Waals surface area contributed by atoms with Crippen molar-refractivity contribution in [2.24, 2.45) is 11.8 Å². The van der Waals surface area contributed by atoms with E-state index in [-0.39, 0.29) is 5.92 Å². The van der Waals surface area contributed by atoms with Gasteiger partial charge in [-0.1, -0.05) is 29.8 Å². The molecule has 0 unspecified atom stereocenters. The molecule has 4 heteroatoms. The maximum atomic E-state index is 12.8. The van der Waals surface area contributed by atoms with Crippen LogP contribution in [0.3, 0.4) is 0 Å². The van der Waals surface area contributed by atoms with Gasteiger partial charge in [0, 0.05) is 51.0 Å². The van der Waals surface area contributed by atoms with Crippen molar-refractivity contribution in [3.8, 4) is 0 Å². The second kappa shape index (κ2) is 6.36. The van der Waals surface area contributed by atoms with E-state index >= 15 is 0 Å². The molecule has 2 aromatic rings. The van der Waals surface area contributed by atoms with Crippen molar-refractivity contribution < 1.29 is 4.79 Å². The minimum atomic E-state index is 0.177. The maximum absolute atomic E-state index is 12.8. The number of amides is 1. The number of rotatable bonds is 4. The number of carbonyl (C=O) groups is 1. The van der Waals surface area contributed by atoms with Gasteiger partial charge in [-0.3, -0.25) is 14.7 Å². The van der Waals surface area contributed by atoms with Crippen molar-refractivity contribution in [2.75, 3.05) is 19.6 Å². The van der Waals surface area contributed by atoms with Crippen LogP contribution < -0.4 is 0 Å². The average Bonchev–Trinajstić information content (AvgIpc) is 3.08. The second-order valence-electron chi connectivity index (χ2n) is 7.12. The first-order chi connectivity index (χ1) is 11.7. The molecule has 0 N–H and O–H groups in total. The Morgan fingerprint density at radius 2 is 1.88 bits per heavy atom. The molecule has 2 atom stereocenters. The second-order valence-corrected chi connectivity index (χ2v) is 7.12. The molecule has 2 aliphatic heterocycles. The number of benzene rings is 1. The highest BCUT2D eigenvalue weighted by Gasteiger charge is 2.45. The molecule has 0 saturated carbocycles. The van der Waals surface area contributed by atoms with Crippen LogP contribution in [0.2, 0.25) is 0 Å². The Kier molecular flexibility index (Phi) is 4.07. The van der Waals surface area contributed by atoms with Gasteiger partial charge in [0.05, 0.1) is 5.92 Å². The summed E-state index contributed by atoms with van der Waals surface area (Å²) < 4.78 is 0. The minimum absolute atomic E-state index is 0.177. The summed E-state index contributed by atoms with van der Waals surface area (Å²) in [6, 6.07) is 12.6. The van der Waals surface area contributed by atoms with E-state index in [0.29, 0.717) is 11.8 Å². The Balaban J connectivity index is 1.38. The van der Waals surface area contributed by atoms with Crippen LogP contribution in [0.15, 0.2) is 48.8 Å². The van der Waals surface area contributed by atoms with E-state index < -0.39 is 0 Å². The molecule has 24 heavy (non-hydrogen) atoms. The number of aromatic nitrogens is 1. The largest absolute Gasteiger partial charge is 0.338 e. The lowest BCUT2D eigenvalue weighted by molar-refractivity contribution is -0.131. The minimum Gasteiger partial charge on any atom is -0.338 e. The third-order valence-electron chi connectivity index (χ3n) is 5.21. The number of hydrogen-bond donors (Lipinski definition) is 0. The number of likely N-dealkylation sites (tertiary alicyclic amines) is 2. The van der Waals surface area contributed by atoms with Crippen molar-refractivity contribution in [3.63, 3.8) is 0 Å². The lowest BCUT2D eigenvalue weighted by Gasteiger charge is -2.22. The highest BCUT2D eigenvalue weighted by Crippen LogP contribution is 2.33. The number of aryl methyl sites for hydroxylation is 1. The zero-order valence-electron chi connectivity index (χ0n) is 14.1. The van der Waals surface area contributed by atoms with Crippen molar-refractivity contribution >= 4 is 5.91 Å². The lowest BCUT2D eigenvalue weighted by Crippen LogP contribution is -2.32. The SMILES string of the molecule is Cc1cccc(CN2C[C@@H]3CN(Cc4ccncc4)C[C@@H]3C2=O)c1. The molecule has 0 spiro atoms. The summed E-state index contributed by atoms with van der Waals surface area (Å²) in [4.78, 5) is 21.3. The van der Waals surface area contributed by atoms with Gasteiger partial charge in [0.2, 0.25) is 5.91 Å². The van der Waals surface area contributed by atoms with E-state index in [2.05, 4.69) is 53.2 Å². The molecular formula is C20H23N3O. The zero-order chi connectivity index (χ0) is 16.5. The molecular weight excluding hydrogens is 298 g/mol. The fourth-order valence-corrected chi connectivity index (χ4v) is 4.08. The van der Waals surface area contributed by atoms with Gasteiger partial charge in [-0.25, -0.2) is 0 Å². The fraction of sp³-hybridized carbons (Fsp3) is 0.400. The molecule has 124 valence electrons. The first-order valence-electron chi connectivity index (χ1n) is 8.64. The predicted octanol–water partition coefficient (Wildman–Crippen LogP) is 2.48. The smallest absolute Gasteiger partial charge is 0.227 e. The summed E-state index contributed by atoms with van der Waals surface area (Å²) in [6.07, 6.45) is 3.67. The van der Waals surface area contributed by atoms with Crippen LogP contribution in [0.1, 0.15) is 16.7 Å². The average molecular weight is 321 g/mol. The molecule has 3 heterocycles. The quantitative estimate of drug-likeness (QED) is 0.868. The summed E-state index contributed by atoms with van der Waals surface area (Å²) in [5, 5.41) is 0.